The molecular formula is C14H25ClN4. The van der Waals surface area contributed by atoms with Crippen LogP contribution >= 0.6 is 11.6 Å². The average molecular weight is 285 g/mol. The maximum absolute atomic E-state index is 6.24. The smallest absolute Gasteiger partial charge is 0.224 e. The first kappa shape index (κ1) is 16.0. The van der Waals surface area contributed by atoms with Crippen LogP contribution in [0.1, 0.15) is 40.5 Å². The molecule has 0 amide bonds. The van der Waals surface area contributed by atoms with Gasteiger partial charge in [-0.05, 0) is 19.3 Å². The van der Waals surface area contributed by atoms with E-state index in [0.29, 0.717) is 16.9 Å². The molecule has 1 atom stereocenters. The molecule has 19 heavy (non-hydrogen) atoms. The second-order valence-electron chi connectivity index (χ2n) is 4.84. The van der Waals surface area contributed by atoms with Crippen molar-refractivity contribution >= 4 is 23.4 Å². The normalized spacial score (nSPS) is 12.3. The number of rotatable bonds is 8. The standard InChI is InChI=1S/C14H25ClN4/c1-5-8-16-14-17-9-12(15)13(18-14)19(7-3)10-11(4)6-2/h9,11H,5-8,10H2,1-4H3,(H,16,17,18). The summed E-state index contributed by atoms with van der Waals surface area (Å²) in [7, 11) is 0. The van der Waals surface area contributed by atoms with E-state index in [0.717, 1.165) is 38.3 Å². The Hall–Kier alpha value is -1.03. The summed E-state index contributed by atoms with van der Waals surface area (Å²) in [6, 6.07) is 0. The van der Waals surface area contributed by atoms with Gasteiger partial charge in [-0.2, -0.15) is 4.98 Å². The molecule has 0 aliphatic rings. The molecule has 108 valence electrons. The SMILES string of the molecule is CCCNc1ncc(Cl)c(N(CC)CC(C)CC)n1. The van der Waals surface area contributed by atoms with Gasteiger partial charge >= 0.3 is 0 Å². The molecule has 4 nitrogen and oxygen atoms in total. The lowest BCUT2D eigenvalue weighted by atomic mass is 10.1. The Morgan fingerprint density at radius 2 is 2.11 bits per heavy atom. The van der Waals surface area contributed by atoms with Gasteiger partial charge in [0.2, 0.25) is 5.95 Å². The quantitative estimate of drug-likeness (QED) is 0.788. The summed E-state index contributed by atoms with van der Waals surface area (Å²) >= 11 is 6.24. The third-order valence-corrected chi connectivity index (χ3v) is 3.44. The third kappa shape index (κ3) is 4.86. The molecule has 0 radical (unpaired) electrons. The largest absolute Gasteiger partial charge is 0.355 e. The third-order valence-electron chi connectivity index (χ3n) is 3.17. The number of hydrogen-bond donors (Lipinski definition) is 1. The van der Waals surface area contributed by atoms with E-state index in [2.05, 4.69) is 47.9 Å². The van der Waals surface area contributed by atoms with Gasteiger partial charge in [0, 0.05) is 19.6 Å². The first-order valence-corrected chi connectivity index (χ1v) is 7.51. The van der Waals surface area contributed by atoms with Crippen molar-refractivity contribution in [3.63, 3.8) is 0 Å². The molecule has 5 heteroatoms. The molecule has 1 N–H and O–H groups in total. The number of halogens is 1. The van der Waals surface area contributed by atoms with Crippen LogP contribution in [0.15, 0.2) is 6.20 Å². The molecule has 0 saturated carbocycles. The van der Waals surface area contributed by atoms with E-state index >= 15 is 0 Å². The van der Waals surface area contributed by atoms with Gasteiger partial charge in [-0.15, -0.1) is 0 Å². The Balaban J connectivity index is 2.88. The van der Waals surface area contributed by atoms with Crippen LogP contribution in [0.3, 0.4) is 0 Å². The number of hydrogen-bond acceptors (Lipinski definition) is 4. The lowest BCUT2D eigenvalue weighted by Gasteiger charge is -2.26. The van der Waals surface area contributed by atoms with Crippen LogP contribution in [0.25, 0.3) is 0 Å². The minimum atomic E-state index is 0.618. The van der Waals surface area contributed by atoms with E-state index < -0.39 is 0 Å². The van der Waals surface area contributed by atoms with Gasteiger partial charge in [0.1, 0.15) is 5.02 Å². The zero-order chi connectivity index (χ0) is 14.3. The van der Waals surface area contributed by atoms with Crippen molar-refractivity contribution in [2.75, 3.05) is 29.9 Å². The highest BCUT2D eigenvalue weighted by atomic mass is 35.5. The van der Waals surface area contributed by atoms with Gasteiger partial charge in [-0.1, -0.05) is 38.8 Å². The Morgan fingerprint density at radius 3 is 2.68 bits per heavy atom. The lowest BCUT2D eigenvalue weighted by Crippen LogP contribution is -2.29. The van der Waals surface area contributed by atoms with Crippen LogP contribution in [0.2, 0.25) is 5.02 Å². The fraction of sp³-hybridized carbons (Fsp3) is 0.714. The number of nitrogens with one attached hydrogen (secondary N) is 1. The highest BCUT2D eigenvalue weighted by molar-refractivity contribution is 6.32. The second kappa shape index (κ2) is 8.20. The van der Waals surface area contributed by atoms with Crippen LogP contribution < -0.4 is 10.2 Å². The van der Waals surface area contributed by atoms with E-state index in [1.165, 1.54) is 0 Å². The summed E-state index contributed by atoms with van der Waals surface area (Å²) in [5.41, 5.74) is 0. The van der Waals surface area contributed by atoms with Gasteiger partial charge in [0.15, 0.2) is 5.82 Å². The van der Waals surface area contributed by atoms with Gasteiger partial charge < -0.3 is 10.2 Å². The Labute approximate surface area is 121 Å². The molecule has 0 aromatic carbocycles. The molecular weight excluding hydrogens is 260 g/mol. The van der Waals surface area contributed by atoms with Crippen LogP contribution in [-0.4, -0.2) is 29.6 Å². The minimum Gasteiger partial charge on any atom is -0.355 e. The number of anilines is 2. The zero-order valence-corrected chi connectivity index (χ0v) is 13.2. The molecule has 1 aromatic heterocycles. The zero-order valence-electron chi connectivity index (χ0n) is 12.4. The van der Waals surface area contributed by atoms with E-state index in [1.807, 2.05) is 0 Å². The highest BCUT2D eigenvalue weighted by Crippen LogP contribution is 2.24. The van der Waals surface area contributed by atoms with Crippen molar-refractivity contribution in [1.29, 1.82) is 0 Å². The van der Waals surface area contributed by atoms with E-state index in [1.54, 1.807) is 6.20 Å². The molecule has 0 bridgehead atoms. The molecule has 0 saturated heterocycles. The molecule has 1 rings (SSSR count). The molecule has 0 aliphatic carbocycles. The van der Waals surface area contributed by atoms with Gasteiger partial charge in [-0.3, -0.25) is 0 Å². The highest BCUT2D eigenvalue weighted by Gasteiger charge is 2.14. The van der Waals surface area contributed by atoms with Crippen molar-refractivity contribution in [3.8, 4) is 0 Å². The fourth-order valence-corrected chi connectivity index (χ4v) is 1.98. The maximum atomic E-state index is 6.24. The Morgan fingerprint density at radius 1 is 1.37 bits per heavy atom. The van der Waals surface area contributed by atoms with E-state index in [-0.39, 0.29) is 0 Å². The van der Waals surface area contributed by atoms with E-state index in [4.69, 9.17) is 11.6 Å². The molecule has 0 aliphatic heterocycles. The summed E-state index contributed by atoms with van der Waals surface area (Å²) < 4.78 is 0. The van der Waals surface area contributed by atoms with E-state index in [9.17, 15) is 0 Å². The summed E-state index contributed by atoms with van der Waals surface area (Å²) in [6.07, 6.45) is 3.88. The van der Waals surface area contributed by atoms with Crippen molar-refractivity contribution in [3.05, 3.63) is 11.2 Å². The topological polar surface area (TPSA) is 41.1 Å². The Kier molecular flexibility index (Phi) is 6.92. The summed E-state index contributed by atoms with van der Waals surface area (Å²) in [4.78, 5) is 11.0. The van der Waals surface area contributed by atoms with Crippen LogP contribution in [0.4, 0.5) is 11.8 Å². The maximum Gasteiger partial charge on any atom is 0.224 e. The van der Waals surface area contributed by atoms with Crippen molar-refractivity contribution in [2.45, 2.75) is 40.5 Å². The predicted molar refractivity (Wildman–Crippen MR) is 83.2 cm³/mol. The first-order chi connectivity index (χ1) is 9.12. The number of nitrogens with zero attached hydrogens (tertiary/aromatic N) is 3. The van der Waals surface area contributed by atoms with Crippen molar-refractivity contribution in [2.24, 2.45) is 5.92 Å². The first-order valence-electron chi connectivity index (χ1n) is 7.13. The second-order valence-corrected chi connectivity index (χ2v) is 5.25. The van der Waals surface area contributed by atoms with Gasteiger partial charge in [0.05, 0.1) is 6.20 Å². The monoisotopic (exact) mass is 284 g/mol. The van der Waals surface area contributed by atoms with Gasteiger partial charge in [-0.25, -0.2) is 4.98 Å². The Bertz CT molecular complexity index is 384. The summed E-state index contributed by atoms with van der Waals surface area (Å²) in [5, 5.41) is 3.82. The van der Waals surface area contributed by atoms with Crippen LogP contribution in [-0.2, 0) is 0 Å². The number of aromatic nitrogens is 2. The lowest BCUT2D eigenvalue weighted by molar-refractivity contribution is 0.545. The summed E-state index contributed by atoms with van der Waals surface area (Å²) in [5.74, 6) is 2.11. The summed E-state index contributed by atoms with van der Waals surface area (Å²) in [6.45, 7) is 11.4. The van der Waals surface area contributed by atoms with Gasteiger partial charge in [0.25, 0.3) is 0 Å². The molecule has 1 heterocycles. The molecule has 1 unspecified atom stereocenters. The van der Waals surface area contributed by atoms with Crippen molar-refractivity contribution in [1.82, 2.24) is 9.97 Å². The minimum absolute atomic E-state index is 0.618. The van der Waals surface area contributed by atoms with Crippen LogP contribution in [0, 0.1) is 5.92 Å². The molecule has 1 aromatic rings. The van der Waals surface area contributed by atoms with Crippen LogP contribution in [0.5, 0.6) is 0 Å². The average Bonchev–Trinajstić information content (AvgIpc) is 2.43. The van der Waals surface area contributed by atoms with Crippen molar-refractivity contribution < 1.29 is 0 Å². The molecule has 0 spiro atoms. The fourth-order valence-electron chi connectivity index (χ4n) is 1.77. The molecule has 0 fully saturated rings. The predicted octanol–water partition coefficient (Wildman–Crippen LogP) is 3.82.